The number of hydrogen-bond donors (Lipinski definition) is 3. The molecule has 8 nitrogen and oxygen atoms in total. The number of aliphatic imine (C=N–C) groups is 1. The zero-order chi connectivity index (χ0) is 27.2. The molecule has 0 radical (unpaired) electrons. The monoisotopic (exact) mass is 520 g/mol. The lowest BCUT2D eigenvalue weighted by Gasteiger charge is -2.34. The number of benzene rings is 1. The molecule has 0 bridgehead atoms. The molecular formula is C26H35F3N6O2. The van der Waals surface area contributed by atoms with E-state index in [-0.39, 0.29) is 5.88 Å². The van der Waals surface area contributed by atoms with Gasteiger partial charge in [-0.15, -0.1) is 0 Å². The Kier molecular flexibility index (Phi) is 9.50. The zero-order valence-electron chi connectivity index (χ0n) is 21.6. The molecule has 0 amide bonds. The molecule has 0 atom stereocenters. The van der Waals surface area contributed by atoms with Gasteiger partial charge in [-0.2, -0.15) is 18.3 Å². The van der Waals surface area contributed by atoms with Crippen molar-refractivity contribution >= 4 is 28.6 Å². The zero-order valence-corrected chi connectivity index (χ0v) is 21.6. The van der Waals surface area contributed by atoms with E-state index >= 15 is 0 Å². The Morgan fingerprint density at radius 1 is 1.32 bits per heavy atom. The number of halogens is 3. The highest BCUT2D eigenvalue weighted by Crippen LogP contribution is 2.31. The van der Waals surface area contributed by atoms with Crippen LogP contribution in [0, 0.1) is 0 Å². The van der Waals surface area contributed by atoms with Crippen molar-refractivity contribution in [3.63, 3.8) is 0 Å². The summed E-state index contributed by atoms with van der Waals surface area (Å²) in [6, 6.07) is 6.29. The number of nitrogens with zero attached hydrogens (tertiary/aromatic N) is 4. The average Bonchev–Trinajstić information content (AvgIpc) is 3.45. The summed E-state index contributed by atoms with van der Waals surface area (Å²) in [5.74, 6) is 0.0714. The van der Waals surface area contributed by atoms with Gasteiger partial charge in [0.25, 0.3) is 0 Å². The minimum Gasteiger partial charge on any atom is -0.494 e. The van der Waals surface area contributed by atoms with E-state index in [0.717, 1.165) is 54.5 Å². The highest BCUT2D eigenvalue weighted by atomic mass is 19.4. The first kappa shape index (κ1) is 28.4. The minimum atomic E-state index is -4.06. The van der Waals surface area contributed by atoms with Crippen molar-refractivity contribution in [2.45, 2.75) is 58.3 Å². The van der Waals surface area contributed by atoms with Crippen LogP contribution in [-0.2, 0) is 0 Å². The van der Waals surface area contributed by atoms with E-state index in [1.165, 1.54) is 7.05 Å². The highest BCUT2D eigenvalue weighted by molar-refractivity contribution is 6.14. The Morgan fingerprint density at radius 3 is 2.57 bits per heavy atom. The molecule has 1 aliphatic heterocycles. The number of alkyl halides is 3. The maximum Gasteiger partial charge on any atom is 0.401 e. The second-order valence-electron chi connectivity index (χ2n) is 9.37. The summed E-state index contributed by atoms with van der Waals surface area (Å²) < 4.78 is 35.0. The number of fused-ring (bicyclic) bond motifs is 1. The molecule has 1 fully saturated rings. The third kappa shape index (κ3) is 7.42. The number of likely N-dealkylation sites (tertiary alicyclic amines) is 1. The minimum absolute atomic E-state index is 0.0714. The summed E-state index contributed by atoms with van der Waals surface area (Å²) in [5, 5.41) is 17.9. The van der Waals surface area contributed by atoms with Gasteiger partial charge in [0.15, 0.2) is 5.88 Å². The van der Waals surface area contributed by atoms with Crippen LogP contribution in [0.3, 0.4) is 0 Å². The highest BCUT2D eigenvalue weighted by Gasteiger charge is 2.25. The van der Waals surface area contributed by atoms with Gasteiger partial charge in [-0.3, -0.25) is 9.48 Å². The molecule has 1 aromatic carbocycles. The van der Waals surface area contributed by atoms with Gasteiger partial charge in [0.05, 0.1) is 36.3 Å². The van der Waals surface area contributed by atoms with Crippen molar-refractivity contribution < 1.29 is 23.1 Å². The smallest absolute Gasteiger partial charge is 0.401 e. The lowest BCUT2D eigenvalue weighted by Crippen LogP contribution is -2.39. The lowest BCUT2D eigenvalue weighted by atomic mass is 10.0. The molecule has 1 aliphatic rings. The maximum atomic E-state index is 11.2. The van der Waals surface area contributed by atoms with Crippen molar-refractivity contribution in [2.24, 2.45) is 4.99 Å². The summed E-state index contributed by atoms with van der Waals surface area (Å²) in [6.07, 6.45) is 3.34. The summed E-state index contributed by atoms with van der Waals surface area (Å²) in [5.41, 5.74) is 3.53. The van der Waals surface area contributed by atoms with Crippen LogP contribution in [0.25, 0.3) is 10.9 Å². The van der Waals surface area contributed by atoms with Gasteiger partial charge in [0, 0.05) is 35.6 Å². The lowest BCUT2D eigenvalue weighted by molar-refractivity contribution is -0.123. The number of carbonyl (C=O) groups excluding carboxylic acids is 1. The molecule has 202 valence electrons. The van der Waals surface area contributed by atoms with E-state index in [1.54, 1.807) is 24.4 Å². The van der Waals surface area contributed by atoms with Crippen LogP contribution in [0.4, 0.5) is 18.9 Å². The molecule has 1 saturated heterocycles. The third-order valence-corrected chi connectivity index (χ3v) is 6.40. The molecule has 0 saturated carbocycles. The van der Waals surface area contributed by atoms with Gasteiger partial charge in [-0.05, 0) is 58.4 Å². The first-order chi connectivity index (χ1) is 17.6. The van der Waals surface area contributed by atoms with E-state index in [2.05, 4.69) is 28.8 Å². The summed E-state index contributed by atoms with van der Waals surface area (Å²) in [4.78, 5) is 21.5. The first-order valence-corrected chi connectivity index (χ1v) is 12.4. The number of aromatic nitrogens is 3. The molecule has 4 rings (SSSR count). The van der Waals surface area contributed by atoms with Crippen LogP contribution in [0.5, 0.6) is 5.88 Å². The fourth-order valence-electron chi connectivity index (χ4n) is 4.48. The number of hydrogen-bond acceptors (Lipinski definition) is 6. The average molecular weight is 521 g/mol. The number of piperidine rings is 1. The topological polar surface area (TPSA) is 98.5 Å². The van der Waals surface area contributed by atoms with E-state index in [0.29, 0.717) is 29.6 Å². The predicted octanol–water partition coefficient (Wildman–Crippen LogP) is 5.23. The summed E-state index contributed by atoms with van der Waals surface area (Å²) in [6.45, 7) is 7.75. The van der Waals surface area contributed by atoms with Crippen LogP contribution in [0.15, 0.2) is 35.6 Å². The van der Waals surface area contributed by atoms with E-state index in [4.69, 9.17) is 4.99 Å². The van der Waals surface area contributed by atoms with Gasteiger partial charge < -0.3 is 20.3 Å². The number of carbonyl (C=O) groups is 1. The van der Waals surface area contributed by atoms with Crippen molar-refractivity contribution in [2.75, 3.05) is 26.7 Å². The van der Waals surface area contributed by atoms with Crippen molar-refractivity contribution in [1.82, 2.24) is 25.0 Å². The van der Waals surface area contributed by atoms with Crippen LogP contribution in [-0.4, -0.2) is 75.7 Å². The van der Waals surface area contributed by atoms with Gasteiger partial charge in [0.2, 0.25) is 0 Å². The molecule has 11 heteroatoms. The number of nitrogens with one attached hydrogen (secondary N) is 2. The van der Waals surface area contributed by atoms with Crippen LogP contribution in [0.1, 0.15) is 62.0 Å². The molecule has 2 aromatic heterocycles. The fourth-order valence-corrected chi connectivity index (χ4v) is 4.48. The Hall–Kier alpha value is -3.18. The largest absolute Gasteiger partial charge is 0.494 e. The fraction of sp³-hybridized carbons (Fsp3) is 0.500. The maximum absolute atomic E-state index is 11.2. The molecule has 37 heavy (non-hydrogen) atoms. The predicted molar refractivity (Wildman–Crippen MR) is 139 cm³/mol. The first-order valence-electron chi connectivity index (χ1n) is 12.4. The molecule has 3 aromatic rings. The summed E-state index contributed by atoms with van der Waals surface area (Å²) >= 11 is 0. The van der Waals surface area contributed by atoms with Crippen molar-refractivity contribution in [3.8, 4) is 5.88 Å². The second-order valence-corrected chi connectivity index (χ2v) is 9.37. The molecule has 0 aliphatic carbocycles. The van der Waals surface area contributed by atoms with E-state index in [1.807, 2.05) is 23.1 Å². The Balaban J connectivity index is 0.000000479. The quantitative estimate of drug-likeness (QED) is 0.293. The van der Waals surface area contributed by atoms with E-state index in [9.17, 15) is 23.1 Å². The Labute approximate surface area is 214 Å². The molecule has 3 N–H and O–H groups in total. The number of aromatic amines is 1. The number of aldehydes is 1. The SMILES string of the molecule is CCC(=Nc1cnn(C2CCN(C(C)C)CC2)c1)c1c(O)[nH]c2ccc(C=O)cc12.CNCC(F)(F)F. The van der Waals surface area contributed by atoms with Gasteiger partial charge in [-0.1, -0.05) is 6.92 Å². The third-order valence-electron chi connectivity index (χ3n) is 6.40. The normalized spacial score (nSPS) is 15.7. The molecule has 3 heterocycles. The molecule has 0 unspecified atom stereocenters. The van der Waals surface area contributed by atoms with Crippen LogP contribution < -0.4 is 5.32 Å². The Bertz CT molecular complexity index is 1210. The van der Waals surface area contributed by atoms with Crippen LogP contribution >= 0.6 is 0 Å². The van der Waals surface area contributed by atoms with Gasteiger partial charge in [0.1, 0.15) is 12.0 Å². The van der Waals surface area contributed by atoms with Crippen molar-refractivity contribution in [1.29, 1.82) is 0 Å². The number of rotatable bonds is 7. The van der Waals surface area contributed by atoms with Gasteiger partial charge >= 0.3 is 6.18 Å². The number of aromatic hydroxyl groups is 1. The van der Waals surface area contributed by atoms with E-state index < -0.39 is 12.7 Å². The number of H-pyrrole nitrogens is 1. The standard InChI is InChI=1S/C23H29N5O2.C3H6F3N/c1-4-20(22-19-11-16(14-29)5-6-21(19)26-23(22)30)25-17-12-24-28(13-17)18-7-9-27(10-8-18)15(2)3;1-7-2-3(4,5)6/h5-6,11-15,18,26,30H,4,7-10H2,1-3H3;7H,2H2,1H3. The second kappa shape index (κ2) is 12.4. The van der Waals surface area contributed by atoms with Gasteiger partial charge in [-0.25, -0.2) is 4.99 Å². The molecule has 0 spiro atoms. The van der Waals surface area contributed by atoms with Crippen LogP contribution in [0.2, 0.25) is 0 Å². The Morgan fingerprint density at radius 2 is 2.03 bits per heavy atom. The summed E-state index contributed by atoms with van der Waals surface area (Å²) in [7, 11) is 1.26. The van der Waals surface area contributed by atoms with Crippen molar-refractivity contribution in [3.05, 3.63) is 41.7 Å². The molecular weight excluding hydrogens is 485 g/mol.